The van der Waals surface area contributed by atoms with E-state index < -0.39 is 0 Å². The Bertz CT molecular complexity index is 436. The maximum absolute atomic E-state index is 11.6. The number of amides is 1. The summed E-state index contributed by atoms with van der Waals surface area (Å²) in [6, 6.07) is 4.98. The van der Waals surface area contributed by atoms with Crippen molar-refractivity contribution in [3.63, 3.8) is 0 Å². The molecule has 1 rings (SSSR count). The predicted octanol–water partition coefficient (Wildman–Crippen LogP) is 0.658. The van der Waals surface area contributed by atoms with Gasteiger partial charge in [0.25, 0.3) is 5.91 Å². The second-order valence-corrected chi connectivity index (χ2v) is 2.91. The Balaban J connectivity index is 2.85. The van der Waals surface area contributed by atoms with Crippen LogP contribution < -0.4 is 0 Å². The summed E-state index contributed by atoms with van der Waals surface area (Å²) in [5, 5.41) is 8.55. The molecule has 4 nitrogen and oxygen atoms in total. The average Bonchev–Trinajstić information content (AvgIpc) is 2.28. The van der Waals surface area contributed by atoms with Crippen molar-refractivity contribution in [2.45, 2.75) is 0 Å². The van der Waals surface area contributed by atoms with E-state index in [-0.39, 0.29) is 18.1 Å². The smallest absolute Gasteiger partial charge is 0.272 e. The molecule has 1 aromatic rings. The Kier molecular flexibility index (Phi) is 3.43. The van der Waals surface area contributed by atoms with Crippen molar-refractivity contribution in [1.29, 1.82) is 5.26 Å². The normalized spacial score (nSPS) is 8.73. The molecular weight excluding hydrogens is 190 g/mol. The van der Waals surface area contributed by atoms with Gasteiger partial charge in [-0.15, -0.1) is 6.42 Å². The first-order chi connectivity index (χ1) is 7.19. The van der Waals surface area contributed by atoms with Crippen molar-refractivity contribution in [2.24, 2.45) is 0 Å². The molecule has 1 aromatic heterocycles. The van der Waals surface area contributed by atoms with Gasteiger partial charge >= 0.3 is 0 Å². The van der Waals surface area contributed by atoms with Gasteiger partial charge in [-0.1, -0.05) is 5.92 Å². The van der Waals surface area contributed by atoms with Crippen molar-refractivity contribution < 1.29 is 4.79 Å². The minimum atomic E-state index is -0.252. The number of carbonyl (C=O) groups is 1. The van der Waals surface area contributed by atoms with E-state index in [0.717, 1.165) is 0 Å². The summed E-state index contributed by atoms with van der Waals surface area (Å²) >= 11 is 0. The molecule has 0 bridgehead atoms. The summed E-state index contributed by atoms with van der Waals surface area (Å²) in [7, 11) is 1.60. The first kappa shape index (κ1) is 10.7. The molecule has 0 saturated carbocycles. The monoisotopic (exact) mass is 199 g/mol. The Morgan fingerprint density at radius 3 is 2.87 bits per heavy atom. The number of carbonyl (C=O) groups excluding carboxylic acids is 1. The van der Waals surface area contributed by atoms with E-state index in [1.54, 1.807) is 13.1 Å². The fourth-order valence-electron chi connectivity index (χ4n) is 0.991. The molecular formula is C11H9N3O. The fourth-order valence-corrected chi connectivity index (χ4v) is 0.991. The first-order valence-corrected chi connectivity index (χ1v) is 4.24. The van der Waals surface area contributed by atoms with Crippen molar-refractivity contribution in [1.82, 2.24) is 9.88 Å². The maximum atomic E-state index is 11.6. The standard InChI is InChI=1S/C11H9N3O/c1-3-6-14(2)11(15)10-5-4-9(7-12)8-13-10/h1,4-5,8H,6H2,2H3. The zero-order valence-electron chi connectivity index (χ0n) is 8.27. The van der Waals surface area contributed by atoms with Crippen LogP contribution >= 0.6 is 0 Å². The third-order valence-corrected chi connectivity index (χ3v) is 1.79. The van der Waals surface area contributed by atoms with E-state index in [4.69, 9.17) is 11.7 Å². The molecule has 0 fully saturated rings. The Morgan fingerprint density at radius 2 is 2.40 bits per heavy atom. The molecule has 0 aliphatic rings. The summed E-state index contributed by atoms with van der Waals surface area (Å²) in [4.78, 5) is 16.9. The van der Waals surface area contributed by atoms with Crippen LogP contribution in [0.2, 0.25) is 0 Å². The van der Waals surface area contributed by atoms with Gasteiger partial charge in [0, 0.05) is 13.2 Å². The third-order valence-electron chi connectivity index (χ3n) is 1.79. The highest BCUT2D eigenvalue weighted by molar-refractivity contribution is 5.92. The van der Waals surface area contributed by atoms with Crippen LogP contribution in [-0.2, 0) is 0 Å². The summed E-state index contributed by atoms with van der Waals surface area (Å²) in [5.74, 6) is 2.11. The molecule has 0 aromatic carbocycles. The second-order valence-electron chi connectivity index (χ2n) is 2.91. The summed E-state index contributed by atoms with van der Waals surface area (Å²) < 4.78 is 0. The van der Waals surface area contributed by atoms with Crippen molar-refractivity contribution >= 4 is 5.91 Å². The van der Waals surface area contributed by atoms with Gasteiger partial charge < -0.3 is 4.90 Å². The lowest BCUT2D eigenvalue weighted by Crippen LogP contribution is -2.27. The zero-order valence-corrected chi connectivity index (χ0v) is 8.27. The van der Waals surface area contributed by atoms with Crippen LogP contribution in [0.5, 0.6) is 0 Å². The number of aromatic nitrogens is 1. The highest BCUT2D eigenvalue weighted by Gasteiger charge is 2.11. The number of nitriles is 1. The molecule has 74 valence electrons. The lowest BCUT2D eigenvalue weighted by Gasteiger charge is -2.12. The van der Waals surface area contributed by atoms with Crippen LogP contribution in [0.1, 0.15) is 16.1 Å². The second kappa shape index (κ2) is 4.78. The predicted molar refractivity (Wildman–Crippen MR) is 54.7 cm³/mol. The molecule has 0 spiro atoms. The van der Waals surface area contributed by atoms with Crippen LogP contribution in [-0.4, -0.2) is 29.4 Å². The van der Waals surface area contributed by atoms with Gasteiger partial charge in [0.2, 0.25) is 0 Å². The van der Waals surface area contributed by atoms with Crippen LogP contribution in [0.15, 0.2) is 18.3 Å². The van der Waals surface area contributed by atoms with Crippen LogP contribution in [0.4, 0.5) is 0 Å². The largest absolute Gasteiger partial charge is 0.329 e. The zero-order chi connectivity index (χ0) is 11.3. The average molecular weight is 199 g/mol. The molecule has 0 aliphatic carbocycles. The van der Waals surface area contributed by atoms with Gasteiger partial charge in [0.05, 0.1) is 12.1 Å². The van der Waals surface area contributed by atoms with Gasteiger partial charge in [-0.05, 0) is 12.1 Å². The number of nitrogens with zero attached hydrogens (tertiary/aromatic N) is 3. The summed E-state index contributed by atoms with van der Waals surface area (Å²) in [6.45, 7) is 0.237. The molecule has 0 saturated heterocycles. The van der Waals surface area contributed by atoms with Crippen molar-refractivity contribution in [2.75, 3.05) is 13.6 Å². The van der Waals surface area contributed by atoms with Crippen LogP contribution in [0.3, 0.4) is 0 Å². The van der Waals surface area contributed by atoms with E-state index >= 15 is 0 Å². The summed E-state index contributed by atoms with van der Waals surface area (Å²) in [5.41, 5.74) is 0.706. The number of terminal acetylenes is 1. The van der Waals surface area contributed by atoms with Gasteiger partial charge in [-0.3, -0.25) is 4.79 Å². The van der Waals surface area contributed by atoms with E-state index in [2.05, 4.69) is 10.9 Å². The van der Waals surface area contributed by atoms with Gasteiger partial charge in [0.15, 0.2) is 0 Å². The molecule has 0 unspecified atom stereocenters. The molecule has 0 N–H and O–H groups in total. The third kappa shape index (κ3) is 2.55. The molecule has 0 aliphatic heterocycles. The number of rotatable bonds is 2. The Morgan fingerprint density at radius 1 is 1.67 bits per heavy atom. The van der Waals surface area contributed by atoms with Gasteiger partial charge in [-0.2, -0.15) is 5.26 Å². The minimum absolute atomic E-state index is 0.237. The molecule has 0 atom stereocenters. The number of hydrogen-bond acceptors (Lipinski definition) is 3. The van der Waals surface area contributed by atoms with Gasteiger partial charge in [0.1, 0.15) is 11.8 Å². The van der Waals surface area contributed by atoms with Crippen molar-refractivity contribution in [3.8, 4) is 18.4 Å². The topological polar surface area (TPSA) is 57.0 Å². The molecule has 15 heavy (non-hydrogen) atoms. The Labute approximate surface area is 88.2 Å². The minimum Gasteiger partial charge on any atom is -0.329 e. The number of hydrogen-bond donors (Lipinski definition) is 0. The SMILES string of the molecule is C#CCN(C)C(=O)c1ccc(C#N)cn1. The fraction of sp³-hybridized carbons (Fsp3) is 0.182. The van der Waals surface area contributed by atoms with Crippen LogP contribution in [0.25, 0.3) is 0 Å². The molecule has 4 heteroatoms. The summed E-state index contributed by atoms with van der Waals surface area (Å²) in [6.07, 6.45) is 6.44. The van der Waals surface area contributed by atoms with Gasteiger partial charge in [-0.25, -0.2) is 4.98 Å². The van der Waals surface area contributed by atoms with Crippen molar-refractivity contribution in [3.05, 3.63) is 29.6 Å². The molecule has 1 amide bonds. The lowest BCUT2D eigenvalue weighted by atomic mass is 10.2. The highest BCUT2D eigenvalue weighted by atomic mass is 16.2. The maximum Gasteiger partial charge on any atom is 0.272 e. The molecule has 1 heterocycles. The molecule has 0 radical (unpaired) electrons. The van der Waals surface area contributed by atoms with E-state index in [1.165, 1.54) is 17.2 Å². The van der Waals surface area contributed by atoms with E-state index in [9.17, 15) is 4.79 Å². The first-order valence-electron chi connectivity index (χ1n) is 4.24. The Hall–Kier alpha value is -2.33. The highest BCUT2D eigenvalue weighted by Crippen LogP contribution is 2.01. The quantitative estimate of drug-likeness (QED) is 0.657. The lowest BCUT2D eigenvalue weighted by molar-refractivity contribution is 0.0807. The van der Waals surface area contributed by atoms with E-state index in [0.29, 0.717) is 5.56 Å². The van der Waals surface area contributed by atoms with Crippen LogP contribution in [0, 0.1) is 23.7 Å². The number of pyridine rings is 1. The van der Waals surface area contributed by atoms with E-state index in [1.807, 2.05) is 6.07 Å².